The summed E-state index contributed by atoms with van der Waals surface area (Å²) >= 11 is 1.50. The highest BCUT2D eigenvalue weighted by molar-refractivity contribution is 7.13. The van der Waals surface area contributed by atoms with E-state index < -0.39 is 0 Å². The third-order valence-corrected chi connectivity index (χ3v) is 5.18. The monoisotopic (exact) mass is 386 g/mol. The zero-order valence-electron chi connectivity index (χ0n) is 15.8. The van der Waals surface area contributed by atoms with E-state index in [1.807, 2.05) is 45.2 Å². The van der Waals surface area contributed by atoms with Crippen molar-refractivity contribution in [3.63, 3.8) is 0 Å². The van der Waals surface area contributed by atoms with Crippen molar-refractivity contribution in [3.05, 3.63) is 45.7 Å². The minimum Gasteiger partial charge on any atom is -0.356 e. The molecule has 0 saturated carbocycles. The van der Waals surface area contributed by atoms with Gasteiger partial charge in [-0.05, 0) is 38.6 Å². The Morgan fingerprint density at radius 1 is 1.37 bits per heavy atom. The van der Waals surface area contributed by atoms with E-state index in [1.54, 1.807) is 6.07 Å². The van der Waals surface area contributed by atoms with E-state index in [9.17, 15) is 9.59 Å². The Balaban J connectivity index is 2.01. The van der Waals surface area contributed by atoms with E-state index in [0.717, 1.165) is 11.3 Å². The van der Waals surface area contributed by atoms with Gasteiger partial charge >= 0.3 is 0 Å². The Kier molecular flexibility index (Phi) is 5.27. The lowest BCUT2D eigenvalue weighted by atomic mass is 10.0. The molecule has 0 aliphatic rings. The fraction of sp³-hybridized carbons (Fsp3) is 0.368. The molecule has 0 aliphatic carbocycles. The molecule has 142 valence electrons. The Morgan fingerprint density at radius 2 is 2.15 bits per heavy atom. The Morgan fingerprint density at radius 3 is 2.74 bits per heavy atom. The van der Waals surface area contributed by atoms with E-state index in [0.29, 0.717) is 22.7 Å². The molecule has 3 aromatic heterocycles. The van der Waals surface area contributed by atoms with Crippen LogP contribution in [0.2, 0.25) is 0 Å². The summed E-state index contributed by atoms with van der Waals surface area (Å²) < 4.78 is 6.52. The number of thiophene rings is 1. The molecule has 0 radical (unpaired) electrons. The lowest BCUT2D eigenvalue weighted by Gasteiger charge is -2.24. The standard InChI is InChI=1S/C19H22N4O3S/c1-5-19(3,4)20-16(24)11-23-17(25)10-13(14-9-12(2)22-26-14)18(21-23)15-7-6-8-27-15/h6-10H,5,11H2,1-4H3,(H,20,24). The van der Waals surface area contributed by atoms with Gasteiger partial charge in [0.25, 0.3) is 5.56 Å². The molecule has 1 N–H and O–H groups in total. The Hall–Kier alpha value is -2.74. The zero-order chi connectivity index (χ0) is 19.6. The van der Waals surface area contributed by atoms with Gasteiger partial charge in [-0.3, -0.25) is 9.59 Å². The molecule has 3 aromatic rings. The first kappa shape index (κ1) is 19.0. The molecule has 0 aromatic carbocycles. The molecule has 8 heteroatoms. The minimum atomic E-state index is -0.371. The number of amides is 1. The van der Waals surface area contributed by atoms with Crippen LogP contribution in [0.4, 0.5) is 0 Å². The SMILES string of the molecule is CCC(C)(C)NC(=O)Cn1nc(-c2cccs2)c(-c2cc(C)no2)cc1=O. The van der Waals surface area contributed by atoms with E-state index in [1.165, 1.54) is 22.1 Å². The molecule has 3 rings (SSSR count). The maximum atomic E-state index is 12.6. The van der Waals surface area contributed by atoms with Crippen LogP contribution < -0.4 is 10.9 Å². The second kappa shape index (κ2) is 7.48. The van der Waals surface area contributed by atoms with E-state index in [2.05, 4.69) is 15.6 Å². The van der Waals surface area contributed by atoms with E-state index >= 15 is 0 Å². The van der Waals surface area contributed by atoms with Gasteiger partial charge in [0, 0.05) is 17.7 Å². The van der Waals surface area contributed by atoms with Crippen molar-refractivity contribution < 1.29 is 9.32 Å². The van der Waals surface area contributed by atoms with Crippen LogP contribution in [-0.4, -0.2) is 26.4 Å². The van der Waals surface area contributed by atoms with Crippen LogP contribution in [0.25, 0.3) is 21.9 Å². The van der Waals surface area contributed by atoms with Crippen LogP contribution in [0, 0.1) is 6.92 Å². The van der Waals surface area contributed by atoms with E-state index in [4.69, 9.17) is 4.52 Å². The maximum absolute atomic E-state index is 12.6. The Labute approximate surface area is 161 Å². The second-order valence-electron chi connectivity index (χ2n) is 7.00. The summed E-state index contributed by atoms with van der Waals surface area (Å²) in [6, 6.07) is 7.02. The molecular weight excluding hydrogens is 364 g/mol. The minimum absolute atomic E-state index is 0.143. The summed E-state index contributed by atoms with van der Waals surface area (Å²) in [5, 5.41) is 13.2. The van der Waals surface area contributed by atoms with Crippen LogP contribution in [0.1, 0.15) is 32.9 Å². The predicted molar refractivity (Wildman–Crippen MR) is 105 cm³/mol. The number of hydrogen-bond donors (Lipinski definition) is 1. The second-order valence-corrected chi connectivity index (χ2v) is 7.95. The molecule has 27 heavy (non-hydrogen) atoms. The van der Waals surface area contributed by atoms with Crippen molar-refractivity contribution in [1.82, 2.24) is 20.3 Å². The number of aromatic nitrogens is 3. The van der Waals surface area contributed by atoms with Crippen LogP contribution in [0.3, 0.4) is 0 Å². The smallest absolute Gasteiger partial charge is 0.268 e. The van der Waals surface area contributed by atoms with Crippen molar-refractivity contribution in [1.29, 1.82) is 0 Å². The summed E-state index contributed by atoms with van der Waals surface area (Å²) in [5.41, 5.74) is 1.15. The summed E-state index contributed by atoms with van der Waals surface area (Å²) in [4.78, 5) is 25.8. The summed E-state index contributed by atoms with van der Waals surface area (Å²) in [7, 11) is 0. The molecule has 0 bridgehead atoms. The van der Waals surface area contributed by atoms with Gasteiger partial charge in [0.2, 0.25) is 5.91 Å². The van der Waals surface area contributed by atoms with Gasteiger partial charge in [-0.15, -0.1) is 11.3 Å². The fourth-order valence-electron chi connectivity index (χ4n) is 2.52. The molecule has 0 unspecified atom stereocenters. The molecule has 3 heterocycles. The third-order valence-electron chi connectivity index (χ3n) is 4.30. The average molecular weight is 386 g/mol. The third kappa shape index (κ3) is 4.33. The maximum Gasteiger partial charge on any atom is 0.268 e. The van der Waals surface area contributed by atoms with Gasteiger partial charge in [-0.2, -0.15) is 5.10 Å². The van der Waals surface area contributed by atoms with Gasteiger partial charge in [-0.1, -0.05) is 18.1 Å². The number of rotatable bonds is 6. The van der Waals surface area contributed by atoms with Crippen LogP contribution in [-0.2, 0) is 11.3 Å². The van der Waals surface area contributed by atoms with Crippen LogP contribution >= 0.6 is 11.3 Å². The highest BCUT2D eigenvalue weighted by Gasteiger charge is 2.21. The van der Waals surface area contributed by atoms with E-state index in [-0.39, 0.29) is 23.6 Å². The first-order valence-electron chi connectivity index (χ1n) is 8.70. The van der Waals surface area contributed by atoms with Gasteiger partial charge in [0.05, 0.1) is 16.1 Å². The van der Waals surface area contributed by atoms with Crippen LogP contribution in [0.5, 0.6) is 0 Å². The summed E-state index contributed by atoms with van der Waals surface area (Å²) in [6.45, 7) is 7.54. The first-order valence-corrected chi connectivity index (χ1v) is 9.58. The van der Waals surface area contributed by atoms with Crippen molar-refractivity contribution in [2.45, 2.75) is 46.2 Å². The fourth-order valence-corrected chi connectivity index (χ4v) is 3.24. The van der Waals surface area contributed by atoms with Crippen molar-refractivity contribution in [2.24, 2.45) is 0 Å². The quantitative estimate of drug-likeness (QED) is 0.702. The van der Waals surface area contributed by atoms with Crippen molar-refractivity contribution >= 4 is 17.2 Å². The highest BCUT2D eigenvalue weighted by Crippen LogP contribution is 2.32. The molecule has 0 spiro atoms. The average Bonchev–Trinajstić information content (AvgIpc) is 3.27. The van der Waals surface area contributed by atoms with Gasteiger partial charge < -0.3 is 9.84 Å². The van der Waals surface area contributed by atoms with Gasteiger partial charge in [0.15, 0.2) is 5.76 Å². The summed E-state index contributed by atoms with van der Waals surface area (Å²) in [5.74, 6) is 0.223. The molecule has 0 fully saturated rings. The zero-order valence-corrected chi connectivity index (χ0v) is 16.6. The molecule has 0 atom stereocenters. The van der Waals surface area contributed by atoms with Crippen LogP contribution in [0.15, 0.2) is 39.0 Å². The number of nitrogens with one attached hydrogen (secondary N) is 1. The molecule has 7 nitrogen and oxygen atoms in total. The topological polar surface area (TPSA) is 90.0 Å². The predicted octanol–water partition coefficient (Wildman–Crippen LogP) is 3.24. The lowest BCUT2D eigenvalue weighted by molar-refractivity contribution is -0.123. The summed E-state index contributed by atoms with van der Waals surface area (Å²) in [6.07, 6.45) is 0.783. The largest absolute Gasteiger partial charge is 0.356 e. The molecule has 0 saturated heterocycles. The number of hydrogen-bond acceptors (Lipinski definition) is 6. The first-order chi connectivity index (χ1) is 12.8. The van der Waals surface area contributed by atoms with Crippen molar-refractivity contribution in [2.75, 3.05) is 0 Å². The number of carbonyl (C=O) groups excluding carboxylic acids is 1. The van der Waals surface area contributed by atoms with Gasteiger partial charge in [0.1, 0.15) is 12.2 Å². The number of carbonyl (C=O) groups is 1. The molecule has 0 aliphatic heterocycles. The molecule has 1 amide bonds. The number of nitrogens with zero attached hydrogens (tertiary/aromatic N) is 3. The molecular formula is C19H22N4O3S. The number of aryl methyl sites for hydroxylation is 1. The lowest BCUT2D eigenvalue weighted by Crippen LogP contribution is -2.45. The highest BCUT2D eigenvalue weighted by atomic mass is 32.1. The van der Waals surface area contributed by atoms with Gasteiger partial charge in [-0.25, -0.2) is 4.68 Å². The normalized spacial score (nSPS) is 11.6. The van der Waals surface area contributed by atoms with Crippen molar-refractivity contribution in [3.8, 4) is 21.9 Å². The Bertz CT molecular complexity index is 1000.